The van der Waals surface area contributed by atoms with Crippen molar-refractivity contribution in [2.45, 2.75) is 20.4 Å². The van der Waals surface area contributed by atoms with Gasteiger partial charge in [0, 0.05) is 12.2 Å². The topological polar surface area (TPSA) is 21.3 Å². The van der Waals surface area contributed by atoms with E-state index in [-0.39, 0.29) is 0 Å². The predicted octanol–water partition coefficient (Wildman–Crippen LogP) is 3.92. The number of rotatable bonds is 4. The van der Waals surface area contributed by atoms with Crippen LogP contribution >= 0.6 is 0 Å². The lowest BCUT2D eigenvalue weighted by molar-refractivity contribution is 0.411. The van der Waals surface area contributed by atoms with Crippen LogP contribution in [0.4, 0.5) is 5.69 Å². The molecule has 0 aliphatic heterocycles. The van der Waals surface area contributed by atoms with E-state index in [2.05, 4.69) is 55.6 Å². The highest BCUT2D eigenvalue weighted by Gasteiger charge is 2.01. The van der Waals surface area contributed by atoms with Gasteiger partial charge in [0.2, 0.25) is 0 Å². The molecular weight excluding hydrogens is 222 g/mol. The molecule has 2 heteroatoms. The number of hydrogen-bond acceptors (Lipinski definition) is 2. The molecule has 1 N–H and O–H groups in total. The van der Waals surface area contributed by atoms with Crippen molar-refractivity contribution in [2.24, 2.45) is 0 Å². The molecule has 2 aromatic rings. The van der Waals surface area contributed by atoms with Crippen LogP contribution in [0.25, 0.3) is 0 Å². The molecule has 2 nitrogen and oxygen atoms in total. The lowest BCUT2D eigenvalue weighted by Crippen LogP contribution is -2.01. The minimum absolute atomic E-state index is 0.829. The number of hydrogen-bond donors (Lipinski definition) is 1. The molecule has 0 amide bonds. The van der Waals surface area contributed by atoms with Gasteiger partial charge in [-0.3, -0.25) is 0 Å². The lowest BCUT2D eigenvalue weighted by Gasteiger charge is -2.11. The van der Waals surface area contributed by atoms with E-state index in [0.717, 1.165) is 12.3 Å². The van der Waals surface area contributed by atoms with Crippen LogP contribution in [0, 0.1) is 13.8 Å². The Hall–Kier alpha value is -1.96. The molecule has 2 aromatic carbocycles. The molecule has 0 fully saturated rings. The number of anilines is 1. The van der Waals surface area contributed by atoms with Gasteiger partial charge in [-0.05, 0) is 42.7 Å². The van der Waals surface area contributed by atoms with E-state index < -0.39 is 0 Å². The zero-order valence-corrected chi connectivity index (χ0v) is 11.2. The molecule has 0 aromatic heterocycles. The van der Waals surface area contributed by atoms with Gasteiger partial charge in [0.15, 0.2) is 0 Å². The summed E-state index contributed by atoms with van der Waals surface area (Å²) in [6, 6.07) is 14.6. The van der Waals surface area contributed by atoms with Gasteiger partial charge in [0.25, 0.3) is 0 Å². The molecule has 0 atom stereocenters. The standard InChI is InChI=1S/C16H19NO/c1-12-6-4-5-7-15(12)17-11-14-8-9-16(18-3)13(2)10-14/h4-10,17H,11H2,1-3H3. The van der Waals surface area contributed by atoms with Crippen molar-refractivity contribution in [1.82, 2.24) is 0 Å². The largest absolute Gasteiger partial charge is 0.496 e. The van der Waals surface area contributed by atoms with E-state index in [4.69, 9.17) is 4.74 Å². The second-order valence-corrected chi connectivity index (χ2v) is 4.47. The summed E-state index contributed by atoms with van der Waals surface area (Å²) in [5, 5.41) is 3.45. The van der Waals surface area contributed by atoms with Gasteiger partial charge in [0.1, 0.15) is 5.75 Å². The van der Waals surface area contributed by atoms with Gasteiger partial charge in [-0.2, -0.15) is 0 Å². The normalized spacial score (nSPS) is 10.2. The summed E-state index contributed by atoms with van der Waals surface area (Å²) in [5.74, 6) is 0.939. The van der Waals surface area contributed by atoms with Gasteiger partial charge in [-0.1, -0.05) is 30.3 Å². The Morgan fingerprint density at radius 3 is 2.44 bits per heavy atom. The number of ether oxygens (including phenoxy) is 1. The highest BCUT2D eigenvalue weighted by atomic mass is 16.5. The van der Waals surface area contributed by atoms with Gasteiger partial charge < -0.3 is 10.1 Å². The number of para-hydroxylation sites is 1. The Morgan fingerprint density at radius 1 is 1.00 bits per heavy atom. The minimum atomic E-state index is 0.829. The Labute approximate surface area is 109 Å². The van der Waals surface area contributed by atoms with Gasteiger partial charge in [-0.25, -0.2) is 0 Å². The molecule has 2 rings (SSSR count). The Balaban J connectivity index is 2.07. The van der Waals surface area contributed by atoms with Crippen molar-refractivity contribution in [1.29, 1.82) is 0 Å². The van der Waals surface area contributed by atoms with Crippen LogP contribution < -0.4 is 10.1 Å². The molecule has 0 saturated carbocycles. The molecule has 0 heterocycles. The second kappa shape index (κ2) is 5.58. The first kappa shape index (κ1) is 12.5. The molecular formula is C16H19NO. The van der Waals surface area contributed by atoms with Crippen molar-refractivity contribution >= 4 is 5.69 Å². The highest BCUT2D eigenvalue weighted by molar-refractivity contribution is 5.50. The summed E-state index contributed by atoms with van der Waals surface area (Å²) in [7, 11) is 1.70. The number of nitrogens with one attached hydrogen (secondary N) is 1. The molecule has 0 aliphatic carbocycles. The maximum atomic E-state index is 5.26. The molecule has 94 valence electrons. The van der Waals surface area contributed by atoms with Gasteiger partial charge in [-0.15, -0.1) is 0 Å². The van der Waals surface area contributed by atoms with Gasteiger partial charge >= 0.3 is 0 Å². The molecule has 0 bridgehead atoms. The monoisotopic (exact) mass is 241 g/mol. The van der Waals surface area contributed by atoms with Crippen molar-refractivity contribution in [3.05, 3.63) is 59.2 Å². The Bertz CT molecular complexity index is 534. The molecule has 0 spiro atoms. The average Bonchev–Trinajstić information content (AvgIpc) is 2.38. The van der Waals surface area contributed by atoms with E-state index in [1.807, 2.05) is 6.07 Å². The zero-order valence-electron chi connectivity index (χ0n) is 11.2. The SMILES string of the molecule is COc1ccc(CNc2ccccc2C)cc1C. The van der Waals surface area contributed by atoms with Crippen molar-refractivity contribution in [2.75, 3.05) is 12.4 Å². The first-order valence-corrected chi connectivity index (χ1v) is 6.13. The summed E-state index contributed by atoms with van der Waals surface area (Å²) >= 11 is 0. The maximum absolute atomic E-state index is 5.26. The van der Waals surface area contributed by atoms with Crippen LogP contribution in [0.2, 0.25) is 0 Å². The Morgan fingerprint density at radius 2 is 1.78 bits per heavy atom. The third-order valence-electron chi connectivity index (χ3n) is 3.09. The summed E-state index contributed by atoms with van der Waals surface area (Å²) in [5.41, 5.74) is 4.88. The predicted molar refractivity (Wildman–Crippen MR) is 76.2 cm³/mol. The third kappa shape index (κ3) is 2.83. The molecule has 18 heavy (non-hydrogen) atoms. The summed E-state index contributed by atoms with van der Waals surface area (Å²) in [6.45, 7) is 5.01. The van der Waals surface area contributed by atoms with E-state index in [0.29, 0.717) is 0 Å². The average molecular weight is 241 g/mol. The van der Waals surface area contributed by atoms with Gasteiger partial charge in [0.05, 0.1) is 7.11 Å². The number of aryl methyl sites for hydroxylation is 2. The molecule has 0 aliphatic rings. The van der Waals surface area contributed by atoms with Crippen LogP contribution in [0.3, 0.4) is 0 Å². The first-order chi connectivity index (χ1) is 8.70. The van der Waals surface area contributed by atoms with Crippen LogP contribution in [0.15, 0.2) is 42.5 Å². The highest BCUT2D eigenvalue weighted by Crippen LogP contribution is 2.20. The van der Waals surface area contributed by atoms with Crippen LogP contribution in [0.5, 0.6) is 5.75 Å². The number of methoxy groups -OCH3 is 1. The molecule has 0 radical (unpaired) electrons. The van der Waals surface area contributed by atoms with Crippen LogP contribution in [0.1, 0.15) is 16.7 Å². The first-order valence-electron chi connectivity index (χ1n) is 6.13. The molecule has 0 saturated heterocycles. The van der Waals surface area contributed by atoms with Crippen molar-refractivity contribution < 1.29 is 4.74 Å². The van der Waals surface area contributed by atoms with Crippen molar-refractivity contribution in [3.63, 3.8) is 0 Å². The van der Waals surface area contributed by atoms with E-state index >= 15 is 0 Å². The fourth-order valence-corrected chi connectivity index (χ4v) is 2.02. The van der Waals surface area contributed by atoms with E-state index in [9.17, 15) is 0 Å². The van der Waals surface area contributed by atoms with E-state index in [1.165, 1.54) is 22.4 Å². The second-order valence-electron chi connectivity index (χ2n) is 4.47. The Kier molecular flexibility index (Phi) is 3.88. The minimum Gasteiger partial charge on any atom is -0.496 e. The zero-order chi connectivity index (χ0) is 13.0. The lowest BCUT2D eigenvalue weighted by atomic mass is 10.1. The van der Waals surface area contributed by atoms with Crippen LogP contribution in [-0.4, -0.2) is 7.11 Å². The quantitative estimate of drug-likeness (QED) is 0.875. The summed E-state index contributed by atoms with van der Waals surface area (Å²) < 4.78 is 5.26. The van der Waals surface area contributed by atoms with Crippen molar-refractivity contribution in [3.8, 4) is 5.75 Å². The van der Waals surface area contributed by atoms with Crippen LogP contribution in [-0.2, 0) is 6.54 Å². The summed E-state index contributed by atoms with van der Waals surface area (Å²) in [6.07, 6.45) is 0. The third-order valence-corrected chi connectivity index (χ3v) is 3.09. The van der Waals surface area contributed by atoms with E-state index in [1.54, 1.807) is 7.11 Å². The maximum Gasteiger partial charge on any atom is 0.121 e. The smallest absolute Gasteiger partial charge is 0.121 e. The fraction of sp³-hybridized carbons (Fsp3) is 0.250. The fourth-order valence-electron chi connectivity index (χ4n) is 2.02. The summed E-state index contributed by atoms with van der Waals surface area (Å²) in [4.78, 5) is 0. The number of benzene rings is 2. The molecule has 0 unspecified atom stereocenters.